The Morgan fingerprint density at radius 1 is 0.917 bits per heavy atom. The zero-order valence-electron chi connectivity index (χ0n) is 8.09. The maximum atomic E-state index is 2.12. The van der Waals surface area contributed by atoms with Crippen LogP contribution in [0.3, 0.4) is 0 Å². The molecule has 0 heterocycles. The second-order valence-corrected chi connectivity index (χ2v) is 2.36. The van der Waals surface area contributed by atoms with Crippen molar-refractivity contribution in [1.29, 1.82) is 0 Å². The van der Waals surface area contributed by atoms with Crippen molar-refractivity contribution in [2.75, 3.05) is 0 Å². The van der Waals surface area contributed by atoms with E-state index < -0.39 is 0 Å². The molecule has 72 valence electrons. The zero-order chi connectivity index (χ0) is 7.82. The van der Waals surface area contributed by atoms with E-state index in [0.717, 1.165) is 0 Å². The van der Waals surface area contributed by atoms with Gasteiger partial charge in [-0.25, -0.2) is 0 Å². The molecule has 0 spiro atoms. The third-order valence-electron chi connectivity index (χ3n) is 0.940. The highest BCUT2D eigenvalue weighted by Gasteiger charge is 1.72. The Labute approximate surface area is 74.9 Å². The van der Waals surface area contributed by atoms with Crippen LogP contribution in [0, 0.1) is 6.92 Å². The summed E-state index contributed by atoms with van der Waals surface area (Å²) >= 11 is 0. The van der Waals surface area contributed by atoms with Gasteiger partial charge in [0.2, 0.25) is 0 Å². The number of hydrogen-bond acceptors (Lipinski definition) is 0. The Balaban J connectivity index is -0.000000146. The minimum absolute atomic E-state index is 0. The van der Waals surface area contributed by atoms with Crippen molar-refractivity contribution in [3.8, 4) is 0 Å². The first kappa shape index (κ1) is 17.3. The van der Waals surface area contributed by atoms with Crippen LogP contribution in [0.2, 0.25) is 0 Å². The highest BCUT2D eigenvalue weighted by Crippen LogP contribution is 1.92. The number of aryl methyl sites for hydroxylation is 1. The molecular formula is C10H20O2. The van der Waals surface area contributed by atoms with Gasteiger partial charge in [-0.2, -0.15) is 0 Å². The summed E-state index contributed by atoms with van der Waals surface area (Å²) in [6, 6.07) is 10.3. The molecule has 0 aromatic heterocycles. The van der Waals surface area contributed by atoms with Gasteiger partial charge in [-0.1, -0.05) is 56.2 Å². The lowest BCUT2D eigenvalue weighted by molar-refractivity contribution is 0.823. The molecule has 12 heavy (non-hydrogen) atoms. The molecule has 0 radical (unpaired) electrons. The molecule has 0 aliphatic carbocycles. The second-order valence-electron chi connectivity index (χ2n) is 2.36. The predicted molar refractivity (Wildman–Crippen MR) is 54.4 cm³/mol. The van der Waals surface area contributed by atoms with Gasteiger partial charge in [0.15, 0.2) is 0 Å². The molecule has 0 amide bonds. The van der Waals surface area contributed by atoms with Crippen molar-refractivity contribution >= 4 is 0 Å². The van der Waals surface area contributed by atoms with E-state index >= 15 is 0 Å². The van der Waals surface area contributed by atoms with Crippen LogP contribution in [-0.2, 0) is 0 Å². The van der Waals surface area contributed by atoms with E-state index in [1.165, 1.54) is 12.0 Å². The molecule has 1 aromatic carbocycles. The third-order valence-corrected chi connectivity index (χ3v) is 0.940. The van der Waals surface area contributed by atoms with Gasteiger partial charge in [0.1, 0.15) is 0 Å². The van der Waals surface area contributed by atoms with E-state index in [9.17, 15) is 0 Å². The summed E-state index contributed by atoms with van der Waals surface area (Å²) < 4.78 is 0. The summed E-state index contributed by atoms with van der Waals surface area (Å²) in [5, 5.41) is 0. The molecule has 2 heteroatoms. The molecule has 0 unspecified atom stereocenters. The molecule has 0 bridgehead atoms. The summed E-state index contributed by atoms with van der Waals surface area (Å²) in [6.45, 7) is 6.33. The van der Waals surface area contributed by atoms with Gasteiger partial charge in [0, 0.05) is 0 Å². The maximum Gasteiger partial charge on any atom is -0.0398 e. The van der Waals surface area contributed by atoms with Gasteiger partial charge in [-0.15, -0.1) is 0 Å². The second kappa shape index (κ2) is 12.8. The molecule has 0 aliphatic rings. The topological polar surface area (TPSA) is 63.0 Å². The smallest absolute Gasteiger partial charge is 0.0398 e. The van der Waals surface area contributed by atoms with E-state index in [-0.39, 0.29) is 11.0 Å². The van der Waals surface area contributed by atoms with Gasteiger partial charge in [0.25, 0.3) is 0 Å². The van der Waals surface area contributed by atoms with Crippen molar-refractivity contribution in [1.82, 2.24) is 0 Å². The van der Waals surface area contributed by atoms with E-state index in [1.54, 1.807) is 0 Å². The predicted octanol–water partition coefficient (Wildman–Crippen LogP) is 1.76. The van der Waals surface area contributed by atoms with E-state index in [1.807, 2.05) is 18.2 Å². The summed E-state index contributed by atoms with van der Waals surface area (Å²) in [6.07, 6.45) is 1.25. The number of hydrogen-bond donors (Lipinski definition) is 0. The minimum Gasteiger partial charge on any atom is -0.412 e. The van der Waals surface area contributed by atoms with Crippen molar-refractivity contribution in [3.05, 3.63) is 35.9 Å². The lowest BCUT2D eigenvalue weighted by Gasteiger charge is -1.82. The van der Waals surface area contributed by atoms with Crippen LogP contribution < -0.4 is 0 Å². The van der Waals surface area contributed by atoms with Crippen molar-refractivity contribution in [2.45, 2.75) is 27.2 Å². The first-order valence-electron chi connectivity index (χ1n) is 3.82. The summed E-state index contributed by atoms with van der Waals surface area (Å²) in [5.74, 6) is 0. The maximum absolute atomic E-state index is 2.12. The quantitative estimate of drug-likeness (QED) is 0.572. The molecular weight excluding hydrogens is 152 g/mol. The van der Waals surface area contributed by atoms with E-state index in [2.05, 4.69) is 32.9 Å². The zero-order valence-corrected chi connectivity index (χ0v) is 8.09. The van der Waals surface area contributed by atoms with E-state index in [0.29, 0.717) is 0 Å². The fourth-order valence-electron chi connectivity index (χ4n) is 0.534. The van der Waals surface area contributed by atoms with Crippen LogP contribution in [0.5, 0.6) is 0 Å². The molecule has 0 aliphatic heterocycles. The van der Waals surface area contributed by atoms with Crippen LogP contribution in [0.15, 0.2) is 30.3 Å². The van der Waals surface area contributed by atoms with Gasteiger partial charge >= 0.3 is 0 Å². The van der Waals surface area contributed by atoms with Gasteiger partial charge in [0.05, 0.1) is 0 Å². The van der Waals surface area contributed by atoms with Gasteiger partial charge in [-0.3, -0.25) is 0 Å². The van der Waals surface area contributed by atoms with Crippen LogP contribution in [0.4, 0.5) is 0 Å². The Morgan fingerprint density at radius 3 is 1.42 bits per heavy atom. The first-order chi connectivity index (χ1) is 4.81. The van der Waals surface area contributed by atoms with Crippen molar-refractivity contribution < 1.29 is 11.0 Å². The van der Waals surface area contributed by atoms with Crippen LogP contribution >= 0.6 is 0 Å². The van der Waals surface area contributed by atoms with Crippen LogP contribution in [0.1, 0.15) is 25.8 Å². The SMILES string of the molecule is CCC.Cc1ccccc1.O.O. The minimum atomic E-state index is 0. The Morgan fingerprint density at radius 2 is 1.25 bits per heavy atom. The molecule has 1 rings (SSSR count). The molecule has 4 N–H and O–H groups in total. The standard InChI is InChI=1S/C7H8.C3H8.2H2O/c1-7-5-3-2-4-6-7;1-3-2;;/h2-6H,1H3;3H2,1-2H3;2*1H2. The van der Waals surface area contributed by atoms with E-state index in [4.69, 9.17) is 0 Å². The molecule has 2 nitrogen and oxygen atoms in total. The number of benzene rings is 1. The fourth-order valence-corrected chi connectivity index (χ4v) is 0.534. The molecule has 1 aromatic rings. The molecule has 0 fully saturated rings. The average molecular weight is 172 g/mol. The molecule has 0 atom stereocenters. The lowest BCUT2D eigenvalue weighted by atomic mass is 10.2. The monoisotopic (exact) mass is 172 g/mol. The summed E-state index contributed by atoms with van der Waals surface area (Å²) in [7, 11) is 0. The van der Waals surface area contributed by atoms with Crippen molar-refractivity contribution in [2.24, 2.45) is 0 Å². The van der Waals surface area contributed by atoms with Gasteiger partial charge in [-0.05, 0) is 6.92 Å². The molecule has 0 saturated carbocycles. The Bertz CT molecular complexity index is 149. The number of rotatable bonds is 0. The van der Waals surface area contributed by atoms with Crippen LogP contribution in [-0.4, -0.2) is 11.0 Å². The molecule has 0 saturated heterocycles. The summed E-state index contributed by atoms with van der Waals surface area (Å²) in [4.78, 5) is 0. The lowest BCUT2D eigenvalue weighted by Crippen LogP contribution is -1.62. The Kier molecular flexibility index (Phi) is 18.4. The highest BCUT2D eigenvalue weighted by atomic mass is 16.0. The normalized spacial score (nSPS) is 6.58. The van der Waals surface area contributed by atoms with Crippen molar-refractivity contribution in [3.63, 3.8) is 0 Å². The third kappa shape index (κ3) is 11.9. The summed E-state index contributed by atoms with van der Waals surface area (Å²) in [5.41, 5.74) is 1.32. The first-order valence-corrected chi connectivity index (χ1v) is 3.82. The Hall–Kier alpha value is -0.860. The largest absolute Gasteiger partial charge is 0.412 e. The fraction of sp³-hybridized carbons (Fsp3) is 0.400. The average Bonchev–Trinajstić information content (AvgIpc) is 1.91. The van der Waals surface area contributed by atoms with Crippen LogP contribution in [0.25, 0.3) is 0 Å². The highest BCUT2D eigenvalue weighted by molar-refractivity contribution is 5.11. The van der Waals surface area contributed by atoms with Gasteiger partial charge < -0.3 is 11.0 Å².